The van der Waals surface area contributed by atoms with Gasteiger partial charge in [0.05, 0.1) is 5.60 Å². The fourth-order valence-corrected chi connectivity index (χ4v) is 3.78. The summed E-state index contributed by atoms with van der Waals surface area (Å²) in [6.07, 6.45) is 2.40. The van der Waals surface area contributed by atoms with Crippen LogP contribution in [0.3, 0.4) is 0 Å². The zero-order valence-electron chi connectivity index (χ0n) is 14.2. The van der Waals surface area contributed by atoms with Gasteiger partial charge in [0.15, 0.2) is 0 Å². The molecule has 1 unspecified atom stereocenters. The lowest BCUT2D eigenvalue weighted by Crippen LogP contribution is -2.46. The number of rotatable bonds is 5. The van der Waals surface area contributed by atoms with Crippen molar-refractivity contribution in [1.29, 1.82) is 0 Å². The molecular weight excluding hydrogens is 280 g/mol. The van der Waals surface area contributed by atoms with Crippen LogP contribution in [0.5, 0.6) is 0 Å². The van der Waals surface area contributed by atoms with E-state index in [-0.39, 0.29) is 11.1 Å². The Labute approximate surface area is 133 Å². The van der Waals surface area contributed by atoms with Crippen molar-refractivity contribution in [2.24, 2.45) is 0 Å². The molecule has 21 heavy (non-hydrogen) atoms. The Bertz CT molecular complexity index is 452. The van der Waals surface area contributed by atoms with Crippen LogP contribution < -0.4 is 5.32 Å². The van der Waals surface area contributed by atoms with Crippen molar-refractivity contribution in [2.75, 3.05) is 20.2 Å². The standard InChI is InChI=1S/C17H30N2OS/c1-16(2,3)18-11-14-7-8-15(21-14)12-19-10-6-9-17(4,13-19)20-5/h7-8,18H,6,9-13H2,1-5H3. The van der Waals surface area contributed by atoms with Gasteiger partial charge in [-0.05, 0) is 59.2 Å². The average Bonchev–Trinajstić information content (AvgIpc) is 2.83. The maximum Gasteiger partial charge on any atom is 0.0777 e. The molecule has 1 aromatic heterocycles. The van der Waals surface area contributed by atoms with Crippen LogP contribution in [0.4, 0.5) is 0 Å². The smallest absolute Gasteiger partial charge is 0.0777 e. The Morgan fingerprint density at radius 2 is 2.05 bits per heavy atom. The molecule has 120 valence electrons. The van der Waals surface area contributed by atoms with E-state index in [1.165, 1.54) is 29.1 Å². The lowest BCUT2D eigenvalue weighted by atomic mass is 9.95. The summed E-state index contributed by atoms with van der Waals surface area (Å²) in [5, 5.41) is 3.55. The molecule has 1 N–H and O–H groups in total. The number of thiophene rings is 1. The van der Waals surface area contributed by atoms with E-state index in [1.807, 2.05) is 18.4 Å². The number of likely N-dealkylation sites (tertiary alicyclic amines) is 1. The van der Waals surface area contributed by atoms with Gasteiger partial charge in [0.2, 0.25) is 0 Å². The summed E-state index contributed by atoms with van der Waals surface area (Å²) in [7, 11) is 1.84. The predicted molar refractivity (Wildman–Crippen MR) is 90.8 cm³/mol. The Hall–Kier alpha value is -0.420. The van der Waals surface area contributed by atoms with Crippen LogP contribution in [0, 0.1) is 0 Å². The molecular formula is C17H30N2OS. The molecule has 0 amide bonds. The van der Waals surface area contributed by atoms with Crippen molar-refractivity contribution in [2.45, 2.75) is 64.8 Å². The Balaban J connectivity index is 1.87. The normalized spacial score (nSPS) is 24.4. The molecule has 0 saturated carbocycles. The molecule has 2 heterocycles. The summed E-state index contributed by atoms with van der Waals surface area (Å²) in [5.41, 5.74) is 0.212. The summed E-state index contributed by atoms with van der Waals surface area (Å²) in [6.45, 7) is 13.1. The molecule has 1 aromatic rings. The largest absolute Gasteiger partial charge is 0.377 e. The fraction of sp³-hybridized carbons (Fsp3) is 0.765. The molecule has 0 aromatic carbocycles. The van der Waals surface area contributed by atoms with Crippen molar-refractivity contribution >= 4 is 11.3 Å². The van der Waals surface area contributed by atoms with Gasteiger partial charge in [-0.15, -0.1) is 11.3 Å². The first kappa shape index (κ1) is 16.9. The molecule has 0 bridgehead atoms. The highest BCUT2D eigenvalue weighted by atomic mass is 32.1. The quantitative estimate of drug-likeness (QED) is 0.898. The van der Waals surface area contributed by atoms with Gasteiger partial charge in [0.1, 0.15) is 0 Å². The van der Waals surface area contributed by atoms with Crippen LogP contribution in [0.25, 0.3) is 0 Å². The molecule has 1 aliphatic rings. The molecule has 0 spiro atoms. The van der Waals surface area contributed by atoms with E-state index < -0.39 is 0 Å². The number of hydrogen-bond donors (Lipinski definition) is 1. The Morgan fingerprint density at radius 1 is 1.33 bits per heavy atom. The molecule has 0 radical (unpaired) electrons. The highest BCUT2D eigenvalue weighted by Crippen LogP contribution is 2.26. The minimum absolute atomic E-state index is 0.0339. The van der Waals surface area contributed by atoms with Crippen molar-refractivity contribution in [3.63, 3.8) is 0 Å². The molecule has 1 fully saturated rings. The topological polar surface area (TPSA) is 24.5 Å². The maximum absolute atomic E-state index is 5.68. The number of nitrogens with zero attached hydrogens (tertiary/aromatic N) is 1. The minimum atomic E-state index is 0.0339. The number of ether oxygens (including phenoxy) is 1. The van der Waals surface area contributed by atoms with Gasteiger partial charge in [0, 0.05) is 42.0 Å². The Morgan fingerprint density at radius 3 is 2.71 bits per heavy atom. The molecule has 3 nitrogen and oxygen atoms in total. The molecule has 1 saturated heterocycles. The number of nitrogens with one attached hydrogen (secondary N) is 1. The third-order valence-corrected chi connectivity index (χ3v) is 5.19. The second kappa shape index (κ2) is 6.78. The number of hydrogen-bond acceptors (Lipinski definition) is 4. The van der Waals surface area contributed by atoms with Crippen LogP contribution in [-0.2, 0) is 17.8 Å². The predicted octanol–water partition coefficient (Wildman–Crippen LogP) is 3.64. The average molecular weight is 311 g/mol. The van der Waals surface area contributed by atoms with E-state index >= 15 is 0 Å². The van der Waals surface area contributed by atoms with Crippen molar-refractivity contribution in [3.05, 3.63) is 21.9 Å². The van der Waals surface area contributed by atoms with Gasteiger partial charge in [-0.25, -0.2) is 0 Å². The van der Waals surface area contributed by atoms with Gasteiger partial charge in [-0.2, -0.15) is 0 Å². The van der Waals surface area contributed by atoms with Crippen molar-refractivity contribution in [1.82, 2.24) is 10.2 Å². The fourth-order valence-electron chi connectivity index (χ4n) is 2.78. The van der Waals surface area contributed by atoms with Crippen LogP contribution in [0.2, 0.25) is 0 Å². The minimum Gasteiger partial charge on any atom is -0.377 e. The van der Waals surface area contributed by atoms with Gasteiger partial charge < -0.3 is 10.1 Å². The van der Waals surface area contributed by atoms with Gasteiger partial charge in [0.25, 0.3) is 0 Å². The number of methoxy groups -OCH3 is 1. The molecule has 2 rings (SSSR count). The lowest BCUT2D eigenvalue weighted by Gasteiger charge is -2.39. The zero-order chi connectivity index (χ0) is 15.5. The summed E-state index contributed by atoms with van der Waals surface area (Å²) >= 11 is 1.93. The van der Waals surface area contributed by atoms with E-state index in [1.54, 1.807) is 0 Å². The third-order valence-electron chi connectivity index (χ3n) is 4.12. The first-order valence-electron chi connectivity index (χ1n) is 7.90. The van der Waals surface area contributed by atoms with Crippen LogP contribution >= 0.6 is 11.3 Å². The SMILES string of the molecule is COC1(C)CCCN(Cc2ccc(CNC(C)(C)C)s2)C1. The maximum atomic E-state index is 5.68. The van der Waals surface area contributed by atoms with Gasteiger partial charge >= 0.3 is 0 Å². The van der Waals surface area contributed by atoms with Gasteiger partial charge in [-0.1, -0.05) is 0 Å². The van der Waals surface area contributed by atoms with E-state index in [2.05, 4.69) is 50.0 Å². The summed E-state index contributed by atoms with van der Waals surface area (Å²) in [4.78, 5) is 5.41. The monoisotopic (exact) mass is 310 g/mol. The van der Waals surface area contributed by atoms with E-state index in [0.717, 1.165) is 19.6 Å². The Kier molecular flexibility index (Phi) is 5.47. The zero-order valence-corrected chi connectivity index (χ0v) is 15.0. The lowest BCUT2D eigenvalue weighted by molar-refractivity contribution is -0.0524. The number of piperidine rings is 1. The molecule has 4 heteroatoms. The molecule has 1 aliphatic heterocycles. The summed E-state index contributed by atoms with van der Waals surface area (Å²) in [6, 6.07) is 4.54. The van der Waals surface area contributed by atoms with Crippen LogP contribution in [-0.4, -0.2) is 36.2 Å². The van der Waals surface area contributed by atoms with Crippen LogP contribution in [0.1, 0.15) is 50.3 Å². The van der Waals surface area contributed by atoms with Gasteiger partial charge in [-0.3, -0.25) is 4.90 Å². The van der Waals surface area contributed by atoms with E-state index in [0.29, 0.717) is 0 Å². The van der Waals surface area contributed by atoms with Crippen molar-refractivity contribution in [3.8, 4) is 0 Å². The highest BCUT2D eigenvalue weighted by molar-refractivity contribution is 7.11. The van der Waals surface area contributed by atoms with E-state index in [4.69, 9.17) is 4.74 Å². The third kappa shape index (κ3) is 5.37. The second-order valence-electron chi connectivity index (χ2n) is 7.44. The molecule has 0 aliphatic carbocycles. The first-order chi connectivity index (χ1) is 9.80. The summed E-state index contributed by atoms with van der Waals surface area (Å²) < 4.78 is 5.68. The highest BCUT2D eigenvalue weighted by Gasteiger charge is 2.30. The van der Waals surface area contributed by atoms with E-state index in [9.17, 15) is 0 Å². The van der Waals surface area contributed by atoms with Crippen molar-refractivity contribution < 1.29 is 4.74 Å². The van der Waals surface area contributed by atoms with Crippen LogP contribution in [0.15, 0.2) is 12.1 Å². The summed E-state index contributed by atoms with van der Waals surface area (Å²) in [5.74, 6) is 0. The molecule has 1 atom stereocenters. The second-order valence-corrected chi connectivity index (χ2v) is 8.69. The first-order valence-corrected chi connectivity index (χ1v) is 8.71.